The molecule has 0 heterocycles. The van der Waals surface area contributed by atoms with Crippen LogP contribution < -0.4 is 14.4 Å². The lowest BCUT2D eigenvalue weighted by Crippen LogP contribution is -2.25. The first-order valence-electron chi connectivity index (χ1n) is 7.87. The Morgan fingerprint density at radius 3 is 2.58 bits per heavy atom. The molecule has 0 aliphatic carbocycles. The fraction of sp³-hybridized carbons (Fsp3) is 0.294. The topological polar surface area (TPSA) is 102 Å². The summed E-state index contributed by atoms with van der Waals surface area (Å²) >= 11 is 0. The Bertz CT molecular complexity index is 899. The smallest absolute Gasteiger partial charge is 0.293 e. The molecule has 0 bridgehead atoms. The quantitative estimate of drug-likeness (QED) is 0.558. The Morgan fingerprint density at radius 2 is 1.96 bits per heavy atom. The van der Waals surface area contributed by atoms with E-state index in [1.54, 1.807) is 11.9 Å². The molecule has 8 nitrogen and oxygen atoms in total. The van der Waals surface area contributed by atoms with E-state index >= 15 is 0 Å². The van der Waals surface area contributed by atoms with Gasteiger partial charge in [0.25, 0.3) is 5.69 Å². The number of rotatable bonds is 8. The first kappa shape index (κ1) is 19.7. The SMILES string of the molecule is CNS(=O)(=O)c1ccc(N(C)CCOc2cccc(C)c2)c([N+](=O)[O-])c1. The van der Waals surface area contributed by atoms with Crippen molar-refractivity contribution < 1.29 is 18.1 Å². The molecule has 9 heteroatoms. The van der Waals surface area contributed by atoms with E-state index in [2.05, 4.69) is 4.72 Å². The van der Waals surface area contributed by atoms with Crippen LogP contribution in [-0.4, -0.2) is 40.6 Å². The molecule has 26 heavy (non-hydrogen) atoms. The van der Waals surface area contributed by atoms with Crippen molar-refractivity contribution in [1.82, 2.24) is 4.72 Å². The summed E-state index contributed by atoms with van der Waals surface area (Å²) in [6.45, 7) is 2.68. The van der Waals surface area contributed by atoms with Crippen LogP contribution in [0, 0.1) is 17.0 Å². The Kier molecular flexibility index (Phi) is 6.17. The molecule has 0 saturated heterocycles. The van der Waals surface area contributed by atoms with Crippen LogP contribution in [0.1, 0.15) is 5.56 Å². The van der Waals surface area contributed by atoms with E-state index in [0.29, 0.717) is 18.8 Å². The van der Waals surface area contributed by atoms with Crippen molar-refractivity contribution in [3.05, 3.63) is 58.1 Å². The van der Waals surface area contributed by atoms with Crippen molar-refractivity contribution in [2.45, 2.75) is 11.8 Å². The predicted molar refractivity (Wildman–Crippen MR) is 99.3 cm³/mol. The van der Waals surface area contributed by atoms with Crippen molar-refractivity contribution in [2.75, 3.05) is 32.1 Å². The first-order chi connectivity index (χ1) is 12.2. The molecule has 0 aromatic heterocycles. The molecule has 0 fully saturated rings. The zero-order valence-corrected chi connectivity index (χ0v) is 15.6. The Hall–Kier alpha value is -2.65. The minimum Gasteiger partial charge on any atom is -0.492 e. The van der Waals surface area contributed by atoms with Crippen molar-refractivity contribution in [3.63, 3.8) is 0 Å². The lowest BCUT2D eigenvalue weighted by molar-refractivity contribution is -0.384. The van der Waals surface area contributed by atoms with E-state index in [1.165, 1.54) is 19.2 Å². The summed E-state index contributed by atoms with van der Waals surface area (Å²) in [6, 6.07) is 11.4. The van der Waals surface area contributed by atoms with Gasteiger partial charge in [-0.1, -0.05) is 12.1 Å². The Labute approximate surface area is 152 Å². The number of nitro benzene ring substituents is 1. The van der Waals surface area contributed by atoms with Crippen LogP contribution >= 0.6 is 0 Å². The van der Waals surface area contributed by atoms with Gasteiger partial charge in [0.15, 0.2) is 0 Å². The molecule has 2 rings (SSSR count). The van der Waals surface area contributed by atoms with Crippen molar-refractivity contribution >= 4 is 21.4 Å². The van der Waals surface area contributed by atoms with Gasteiger partial charge in [0.05, 0.1) is 16.4 Å². The largest absolute Gasteiger partial charge is 0.492 e. The molecule has 0 unspecified atom stereocenters. The second-order valence-electron chi connectivity index (χ2n) is 5.70. The fourth-order valence-electron chi connectivity index (χ4n) is 2.38. The van der Waals surface area contributed by atoms with Gasteiger partial charge >= 0.3 is 0 Å². The minimum absolute atomic E-state index is 0.153. The molecule has 0 aliphatic rings. The molecule has 2 aromatic carbocycles. The molecule has 0 aliphatic heterocycles. The van der Waals surface area contributed by atoms with Gasteiger partial charge in [-0.25, -0.2) is 13.1 Å². The minimum atomic E-state index is -3.75. The zero-order chi connectivity index (χ0) is 19.3. The highest BCUT2D eigenvalue weighted by Gasteiger charge is 2.22. The molecular formula is C17H21N3O5S. The van der Waals surface area contributed by atoms with Gasteiger partial charge in [-0.15, -0.1) is 0 Å². The molecule has 2 aromatic rings. The van der Waals surface area contributed by atoms with E-state index in [0.717, 1.165) is 17.4 Å². The fourth-order valence-corrected chi connectivity index (χ4v) is 3.13. The van der Waals surface area contributed by atoms with Crippen LogP contribution in [0.3, 0.4) is 0 Å². The summed E-state index contributed by atoms with van der Waals surface area (Å²) in [6.07, 6.45) is 0. The monoisotopic (exact) mass is 379 g/mol. The number of likely N-dealkylation sites (N-methyl/N-ethyl adjacent to an activating group) is 1. The summed E-state index contributed by atoms with van der Waals surface area (Å²) in [5.41, 5.74) is 1.12. The number of sulfonamides is 1. The van der Waals surface area contributed by atoms with Gasteiger partial charge in [-0.2, -0.15) is 0 Å². The van der Waals surface area contributed by atoms with E-state index in [4.69, 9.17) is 4.74 Å². The van der Waals surface area contributed by atoms with Gasteiger partial charge in [-0.3, -0.25) is 10.1 Å². The molecule has 0 atom stereocenters. The predicted octanol–water partition coefficient (Wildman–Crippen LogP) is 2.33. The third kappa shape index (κ3) is 4.70. The van der Waals surface area contributed by atoms with Crippen LogP contribution in [0.15, 0.2) is 47.4 Å². The number of ether oxygens (including phenoxy) is 1. The summed E-state index contributed by atoms with van der Waals surface area (Å²) in [5, 5.41) is 11.4. The number of nitrogens with zero attached hydrogens (tertiary/aromatic N) is 2. The molecule has 0 saturated carbocycles. The molecule has 0 amide bonds. The standard InChI is InChI=1S/C17H21N3O5S/c1-13-5-4-6-14(11-13)25-10-9-19(3)16-8-7-15(26(23,24)18-2)12-17(16)20(21)22/h4-8,11-12,18H,9-10H2,1-3H3. The third-order valence-corrected chi connectivity index (χ3v) is 5.23. The third-order valence-electron chi connectivity index (χ3n) is 3.82. The lowest BCUT2D eigenvalue weighted by Gasteiger charge is -2.20. The highest BCUT2D eigenvalue weighted by molar-refractivity contribution is 7.89. The number of anilines is 1. The highest BCUT2D eigenvalue weighted by atomic mass is 32.2. The normalized spacial score (nSPS) is 11.2. The maximum absolute atomic E-state index is 11.8. The number of benzene rings is 2. The number of nitro groups is 1. The van der Waals surface area contributed by atoms with Gasteiger partial charge < -0.3 is 9.64 Å². The van der Waals surface area contributed by atoms with E-state index in [9.17, 15) is 18.5 Å². The van der Waals surface area contributed by atoms with Crippen LogP contribution in [0.25, 0.3) is 0 Å². The van der Waals surface area contributed by atoms with Gasteiger partial charge in [0, 0.05) is 13.1 Å². The molecule has 140 valence electrons. The summed E-state index contributed by atoms with van der Waals surface area (Å²) in [7, 11) is -0.809. The van der Waals surface area contributed by atoms with Crippen molar-refractivity contribution in [3.8, 4) is 5.75 Å². The zero-order valence-electron chi connectivity index (χ0n) is 14.8. The highest BCUT2D eigenvalue weighted by Crippen LogP contribution is 2.30. The van der Waals surface area contributed by atoms with Gasteiger partial charge in [0.1, 0.15) is 18.0 Å². The summed E-state index contributed by atoms with van der Waals surface area (Å²) in [4.78, 5) is 12.3. The van der Waals surface area contributed by atoms with Crippen LogP contribution in [0.5, 0.6) is 5.75 Å². The van der Waals surface area contributed by atoms with E-state index in [1.807, 2.05) is 31.2 Å². The van der Waals surface area contributed by atoms with E-state index in [-0.39, 0.29) is 10.6 Å². The van der Waals surface area contributed by atoms with Gasteiger partial charge in [-0.05, 0) is 43.8 Å². The maximum Gasteiger partial charge on any atom is 0.293 e. The number of hydrogen-bond donors (Lipinski definition) is 1. The second-order valence-corrected chi connectivity index (χ2v) is 7.59. The number of aryl methyl sites for hydroxylation is 1. The lowest BCUT2D eigenvalue weighted by atomic mass is 10.2. The average molecular weight is 379 g/mol. The second kappa shape index (κ2) is 8.15. The molecule has 1 N–H and O–H groups in total. The summed E-state index contributed by atoms with van der Waals surface area (Å²) in [5.74, 6) is 0.725. The average Bonchev–Trinajstić information content (AvgIpc) is 2.61. The first-order valence-corrected chi connectivity index (χ1v) is 9.35. The molecule has 0 radical (unpaired) electrons. The summed E-state index contributed by atoms with van der Waals surface area (Å²) < 4.78 is 31.5. The van der Waals surface area contributed by atoms with E-state index < -0.39 is 14.9 Å². The van der Waals surface area contributed by atoms with Crippen LogP contribution in [0.4, 0.5) is 11.4 Å². The number of hydrogen-bond acceptors (Lipinski definition) is 6. The molecular weight excluding hydrogens is 358 g/mol. The van der Waals surface area contributed by atoms with Crippen molar-refractivity contribution in [2.24, 2.45) is 0 Å². The molecule has 0 spiro atoms. The maximum atomic E-state index is 11.8. The van der Waals surface area contributed by atoms with Crippen LogP contribution in [0.2, 0.25) is 0 Å². The van der Waals surface area contributed by atoms with Crippen LogP contribution in [-0.2, 0) is 10.0 Å². The van der Waals surface area contributed by atoms with Gasteiger partial charge in [0.2, 0.25) is 10.0 Å². The Morgan fingerprint density at radius 1 is 1.23 bits per heavy atom. The Balaban J connectivity index is 2.14. The van der Waals surface area contributed by atoms with Crippen molar-refractivity contribution in [1.29, 1.82) is 0 Å². The number of nitrogens with one attached hydrogen (secondary N) is 1.